The quantitative estimate of drug-likeness (QED) is 0.434. The maximum atomic E-state index is 2.54. The van der Waals surface area contributed by atoms with Crippen molar-refractivity contribution < 1.29 is 0 Å². The SMILES string of the molecule is Cc1ccccc1C1CCC(c2ccccc2)(c2ccccc2C)P1C. The van der Waals surface area contributed by atoms with Gasteiger partial charge < -0.3 is 0 Å². The Kier molecular flexibility index (Phi) is 4.72. The molecule has 1 heterocycles. The fourth-order valence-corrected chi connectivity index (χ4v) is 8.31. The van der Waals surface area contributed by atoms with Gasteiger partial charge in [-0.05, 0) is 61.2 Å². The molecule has 3 aromatic carbocycles. The molecule has 3 unspecified atom stereocenters. The van der Waals surface area contributed by atoms with Gasteiger partial charge in [0.25, 0.3) is 0 Å². The monoisotopic (exact) mass is 358 g/mol. The Morgan fingerprint density at radius 3 is 2.08 bits per heavy atom. The van der Waals surface area contributed by atoms with Gasteiger partial charge in [0.2, 0.25) is 0 Å². The Hall–Kier alpha value is -1.91. The van der Waals surface area contributed by atoms with Crippen molar-refractivity contribution in [3.63, 3.8) is 0 Å². The average Bonchev–Trinajstić information content (AvgIpc) is 3.01. The summed E-state index contributed by atoms with van der Waals surface area (Å²) < 4.78 is 0. The van der Waals surface area contributed by atoms with Gasteiger partial charge in [-0.25, -0.2) is 0 Å². The number of benzene rings is 3. The van der Waals surface area contributed by atoms with Crippen molar-refractivity contribution >= 4 is 7.92 Å². The van der Waals surface area contributed by atoms with Gasteiger partial charge in [-0.15, -0.1) is 0 Å². The number of rotatable bonds is 3. The predicted molar refractivity (Wildman–Crippen MR) is 114 cm³/mol. The molecule has 0 amide bonds. The molecule has 1 aliphatic rings. The van der Waals surface area contributed by atoms with Crippen LogP contribution in [0.25, 0.3) is 0 Å². The number of aryl methyl sites for hydroxylation is 2. The van der Waals surface area contributed by atoms with Crippen molar-refractivity contribution in [2.45, 2.75) is 37.5 Å². The average molecular weight is 358 g/mol. The van der Waals surface area contributed by atoms with Crippen LogP contribution in [0.4, 0.5) is 0 Å². The minimum atomic E-state index is -0.237. The van der Waals surface area contributed by atoms with E-state index in [-0.39, 0.29) is 13.1 Å². The first kappa shape index (κ1) is 17.5. The molecular formula is C25H27P. The Labute approximate surface area is 159 Å². The van der Waals surface area contributed by atoms with Crippen molar-refractivity contribution in [1.29, 1.82) is 0 Å². The van der Waals surface area contributed by atoms with E-state index in [4.69, 9.17) is 0 Å². The lowest BCUT2D eigenvalue weighted by atomic mass is 9.83. The summed E-state index contributed by atoms with van der Waals surface area (Å²) in [7, 11) is -0.237. The van der Waals surface area contributed by atoms with Crippen molar-refractivity contribution in [3.05, 3.63) is 107 Å². The summed E-state index contributed by atoms with van der Waals surface area (Å²) in [6, 6.07) is 29.3. The molecule has 0 saturated carbocycles. The van der Waals surface area contributed by atoms with Crippen LogP contribution in [0, 0.1) is 13.8 Å². The first-order chi connectivity index (χ1) is 12.6. The summed E-state index contributed by atoms with van der Waals surface area (Å²) >= 11 is 0. The summed E-state index contributed by atoms with van der Waals surface area (Å²) in [4.78, 5) is 0. The van der Waals surface area contributed by atoms with E-state index in [9.17, 15) is 0 Å². The van der Waals surface area contributed by atoms with Gasteiger partial charge in [0.05, 0.1) is 0 Å². The fourth-order valence-electron chi connectivity index (χ4n) is 4.89. The topological polar surface area (TPSA) is 0 Å². The van der Waals surface area contributed by atoms with E-state index in [1.807, 2.05) is 0 Å². The molecular weight excluding hydrogens is 331 g/mol. The van der Waals surface area contributed by atoms with E-state index >= 15 is 0 Å². The van der Waals surface area contributed by atoms with E-state index in [1.54, 1.807) is 5.56 Å². The molecule has 26 heavy (non-hydrogen) atoms. The summed E-state index contributed by atoms with van der Waals surface area (Å²) in [5, 5.41) is 0.162. The van der Waals surface area contributed by atoms with Crippen LogP contribution in [-0.4, -0.2) is 6.66 Å². The van der Waals surface area contributed by atoms with Gasteiger partial charge in [0.15, 0.2) is 0 Å². The van der Waals surface area contributed by atoms with Crippen LogP contribution in [-0.2, 0) is 5.16 Å². The minimum Gasteiger partial charge on any atom is -0.0865 e. The van der Waals surface area contributed by atoms with Crippen LogP contribution in [0.1, 0.15) is 46.3 Å². The highest BCUT2D eigenvalue weighted by Gasteiger charge is 2.49. The lowest BCUT2D eigenvalue weighted by Crippen LogP contribution is -2.23. The van der Waals surface area contributed by atoms with Crippen molar-refractivity contribution in [2.75, 3.05) is 6.66 Å². The van der Waals surface area contributed by atoms with Crippen LogP contribution in [0.2, 0.25) is 0 Å². The Balaban J connectivity index is 1.89. The fraction of sp³-hybridized carbons (Fsp3) is 0.280. The lowest BCUT2D eigenvalue weighted by molar-refractivity contribution is 0.654. The molecule has 132 valence electrons. The maximum absolute atomic E-state index is 2.54. The molecule has 1 aliphatic heterocycles. The van der Waals surface area contributed by atoms with Crippen LogP contribution in [0.5, 0.6) is 0 Å². The number of hydrogen-bond acceptors (Lipinski definition) is 0. The third-order valence-corrected chi connectivity index (χ3v) is 9.64. The van der Waals surface area contributed by atoms with Crippen LogP contribution >= 0.6 is 7.92 Å². The van der Waals surface area contributed by atoms with Crippen molar-refractivity contribution in [2.24, 2.45) is 0 Å². The Morgan fingerprint density at radius 2 is 1.38 bits per heavy atom. The highest BCUT2D eigenvalue weighted by atomic mass is 31.1. The molecule has 0 nitrogen and oxygen atoms in total. The highest BCUT2D eigenvalue weighted by molar-refractivity contribution is 7.59. The van der Waals surface area contributed by atoms with Gasteiger partial charge in [0, 0.05) is 10.8 Å². The maximum Gasteiger partial charge on any atom is 0.0407 e. The predicted octanol–water partition coefficient (Wildman–Crippen LogP) is 7.19. The molecule has 1 fully saturated rings. The van der Waals surface area contributed by atoms with E-state index in [1.165, 1.54) is 35.1 Å². The molecule has 0 N–H and O–H groups in total. The second-order valence-electron chi connectivity index (χ2n) is 7.56. The van der Waals surface area contributed by atoms with Crippen molar-refractivity contribution in [1.82, 2.24) is 0 Å². The summed E-state index contributed by atoms with van der Waals surface area (Å²) in [5.74, 6) is 0. The zero-order chi connectivity index (χ0) is 18.1. The minimum absolute atomic E-state index is 0.162. The van der Waals surface area contributed by atoms with Gasteiger partial charge in [-0.2, -0.15) is 0 Å². The van der Waals surface area contributed by atoms with Gasteiger partial charge in [-0.3, -0.25) is 0 Å². The van der Waals surface area contributed by atoms with Gasteiger partial charge in [-0.1, -0.05) is 86.8 Å². The lowest BCUT2D eigenvalue weighted by Gasteiger charge is -2.38. The zero-order valence-corrected chi connectivity index (χ0v) is 16.8. The standard InChI is InChI=1S/C25H27P/c1-19-11-7-9-15-22(19)24-17-18-25(26(24)3,21-13-5-4-6-14-21)23-16-10-8-12-20(23)2/h4-16,24H,17-18H2,1-3H3. The van der Waals surface area contributed by atoms with Gasteiger partial charge >= 0.3 is 0 Å². The molecule has 4 rings (SSSR count). The van der Waals surface area contributed by atoms with E-state index in [2.05, 4.69) is 99.4 Å². The van der Waals surface area contributed by atoms with Gasteiger partial charge in [0.1, 0.15) is 0 Å². The molecule has 0 radical (unpaired) electrons. The summed E-state index contributed by atoms with van der Waals surface area (Å²) in [6.07, 6.45) is 2.51. The van der Waals surface area contributed by atoms with E-state index in [0.29, 0.717) is 5.66 Å². The molecule has 0 aromatic heterocycles. The molecule has 3 atom stereocenters. The largest absolute Gasteiger partial charge is 0.0865 e. The van der Waals surface area contributed by atoms with Crippen LogP contribution in [0.15, 0.2) is 78.9 Å². The molecule has 0 aliphatic carbocycles. The number of hydrogen-bond donors (Lipinski definition) is 0. The van der Waals surface area contributed by atoms with E-state index < -0.39 is 0 Å². The highest BCUT2D eigenvalue weighted by Crippen LogP contribution is 2.74. The molecule has 0 spiro atoms. The van der Waals surface area contributed by atoms with E-state index in [0.717, 1.165) is 0 Å². The second-order valence-corrected chi connectivity index (χ2v) is 10.2. The third kappa shape index (κ3) is 2.72. The first-order valence-corrected chi connectivity index (χ1v) is 11.4. The Morgan fingerprint density at radius 1 is 0.769 bits per heavy atom. The smallest absolute Gasteiger partial charge is 0.0407 e. The van der Waals surface area contributed by atoms with Crippen LogP contribution < -0.4 is 0 Å². The second kappa shape index (κ2) is 7.01. The Bertz CT molecular complexity index is 899. The third-order valence-electron chi connectivity index (χ3n) is 6.24. The van der Waals surface area contributed by atoms with Crippen molar-refractivity contribution in [3.8, 4) is 0 Å². The molecule has 1 saturated heterocycles. The normalized spacial score (nSPS) is 25.3. The zero-order valence-electron chi connectivity index (χ0n) is 15.9. The van der Waals surface area contributed by atoms with Crippen LogP contribution in [0.3, 0.4) is 0 Å². The molecule has 0 bridgehead atoms. The molecule has 1 heteroatoms. The summed E-state index contributed by atoms with van der Waals surface area (Å²) in [5.41, 5.74) is 8.14. The first-order valence-electron chi connectivity index (χ1n) is 9.54. The summed E-state index contributed by atoms with van der Waals surface area (Å²) in [6.45, 7) is 7.10. The molecule has 3 aromatic rings.